The fourth-order valence-electron chi connectivity index (χ4n) is 2.36. The van der Waals surface area contributed by atoms with Crippen molar-refractivity contribution in [3.63, 3.8) is 0 Å². The summed E-state index contributed by atoms with van der Waals surface area (Å²) in [6.45, 7) is 1.49. The van der Waals surface area contributed by atoms with Gasteiger partial charge < -0.3 is 5.11 Å². The molecule has 2 fully saturated rings. The van der Waals surface area contributed by atoms with Crippen LogP contribution < -0.4 is 5.32 Å². The van der Waals surface area contributed by atoms with Crippen LogP contribution in [0.2, 0.25) is 0 Å². The quantitative estimate of drug-likeness (QED) is 0.632. The molecule has 1 heterocycles. The van der Waals surface area contributed by atoms with Crippen molar-refractivity contribution in [2.45, 2.75) is 44.8 Å². The standard InChI is InChI=1S/C11H16N2O4/c1-6-9(15)12-11(17)13(10(6)16)7-2-4-8(14)5-3-7/h6-8,14H,2-5H2,1H3,(H,12,15,17). The number of carbonyl (C=O) groups is 3. The lowest BCUT2D eigenvalue weighted by Crippen LogP contribution is -2.60. The largest absolute Gasteiger partial charge is 0.393 e. The average Bonchev–Trinajstić information content (AvgIpc) is 2.29. The van der Waals surface area contributed by atoms with Gasteiger partial charge in [-0.1, -0.05) is 0 Å². The summed E-state index contributed by atoms with van der Waals surface area (Å²) in [4.78, 5) is 36.0. The summed E-state index contributed by atoms with van der Waals surface area (Å²) in [6, 6.07) is -0.819. The van der Waals surface area contributed by atoms with E-state index in [0.29, 0.717) is 25.7 Å². The molecule has 6 heteroatoms. The number of hydrogen-bond donors (Lipinski definition) is 2. The van der Waals surface area contributed by atoms with Crippen LogP contribution in [0.1, 0.15) is 32.6 Å². The van der Waals surface area contributed by atoms with E-state index in [1.54, 1.807) is 0 Å². The normalized spacial score (nSPS) is 34.8. The third-order valence-corrected chi connectivity index (χ3v) is 3.48. The first-order valence-electron chi connectivity index (χ1n) is 5.86. The number of aliphatic hydroxyl groups excluding tert-OH is 1. The topological polar surface area (TPSA) is 86.7 Å². The molecule has 1 atom stereocenters. The van der Waals surface area contributed by atoms with Crippen molar-refractivity contribution in [2.24, 2.45) is 5.92 Å². The maximum atomic E-state index is 11.9. The Morgan fingerprint density at radius 1 is 1.18 bits per heavy atom. The van der Waals surface area contributed by atoms with Gasteiger partial charge in [-0.3, -0.25) is 19.8 Å². The molecule has 0 aromatic heterocycles. The minimum Gasteiger partial charge on any atom is -0.393 e. The zero-order valence-electron chi connectivity index (χ0n) is 9.68. The van der Waals surface area contributed by atoms with Crippen molar-refractivity contribution in [1.82, 2.24) is 10.2 Å². The van der Waals surface area contributed by atoms with Crippen LogP contribution in [0.3, 0.4) is 0 Å². The molecule has 2 N–H and O–H groups in total. The molecular weight excluding hydrogens is 224 g/mol. The zero-order chi connectivity index (χ0) is 12.6. The van der Waals surface area contributed by atoms with Crippen molar-refractivity contribution in [2.75, 3.05) is 0 Å². The molecule has 0 aromatic rings. The van der Waals surface area contributed by atoms with Gasteiger partial charge in [-0.2, -0.15) is 0 Å². The van der Waals surface area contributed by atoms with Gasteiger partial charge in [-0.15, -0.1) is 0 Å². The first-order valence-corrected chi connectivity index (χ1v) is 5.86. The monoisotopic (exact) mass is 240 g/mol. The van der Waals surface area contributed by atoms with Crippen molar-refractivity contribution in [1.29, 1.82) is 0 Å². The van der Waals surface area contributed by atoms with Gasteiger partial charge in [0.25, 0.3) is 0 Å². The Labute approximate surface area is 99.0 Å². The number of imide groups is 2. The van der Waals surface area contributed by atoms with Crippen LogP contribution >= 0.6 is 0 Å². The van der Waals surface area contributed by atoms with Gasteiger partial charge in [-0.05, 0) is 32.6 Å². The second-order valence-corrected chi connectivity index (χ2v) is 4.69. The number of aliphatic hydroxyl groups is 1. The lowest BCUT2D eigenvalue weighted by Gasteiger charge is -2.37. The number of nitrogens with zero attached hydrogens (tertiary/aromatic N) is 1. The van der Waals surface area contributed by atoms with Gasteiger partial charge in [-0.25, -0.2) is 4.79 Å². The molecule has 1 unspecified atom stereocenters. The van der Waals surface area contributed by atoms with Crippen molar-refractivity contribution in [3.05, 3.63) is 0 Å². The fourth-order valence-corrected chi connectivity index (χ4v) is 2.36. The summed E-state index contributed by atoms with van der Waals surface area (Å²) in [5, 5.41) is 11.6. The number of hydrogen-bond acceptors (Lipinski definition) is 4. The van der Waals surface area contributed by atoms with E-state index in [0.717, 1.165) is 4.90 Å². The van der Waals surface area contributed by atoms with Crippen LogP contribution in [-0.2, 0) is 9.59 Å². The van der Waals surface area contributed by atoms with Crippen LogP contribution in [0.5, 0.6) is 0 Å². The molecule has 1 saturated heterocycles. The maximum absolute atomic E-state index is 11.9. The molecule has 94 valence electrons. The van der Waals surface area contributed by atoms with Crippen molar-refractivity contribution in [3.8, 4) is 0 Å². The van der Waals surface area contributed by atoms with Gasteiger partial charge in [0.05, 0.1) is 6.10 Å². The lowest BCUT2D eigenvalue weighted by molar-refractivity contribution is -0.144. The second kappa shape index (κ2) is 4.44. The highest BCUT2D eigenvalue weighted by Crippen LogP contribution is 2.25. The average molecular weight is 240 g/mol. The zero-order valence-corrected chi connectivity index (χ0v) is 9.68. The minimum atomic E-state index is -0.806. The van der Waals surface area contributed by atoms with Gasteiger partial charge in [0, 0.05) is 6.04 Å². The minimum absolute atomic E-state index is 0.193. The number of carbonyl (C=O) groups excluding carboxylic acids is 3. The Balaban J connectivity index is 2.11. The van der Waals surface area contributed by atoms with Crippen LogP contribution in [-0.4, -0.2) is 40.0 Å². The second-order valence-electron chi connectivity index (χ2n) is 4.69. The molecule has 2 aliphatic rings. The fraction of sp³-hybridized carbons (Fsp3) is 0.727. The maximum Gasteiger partial charge on any atom is 0.331 e. The van der Waals surface area contributed by atoms with Crippen molar-refractivity contribution < 1.29 is 19.5 Å². The SMILES string of the molecule is CC1C(=O)NC(=O)N(C2CCC(O)CC2)C1=O. The summed E-state index contributed by atoms with van der Waals surface area (Å²) in [7, 11) is 0. The van der Waals surface area contributed by atoms with E-state index in [1.165, 1.54) is 6.92 Å². The Morgan fingerprint density at radius 2 is 1.76 bits per heavy atom. The van der Waals surface area contributed by atoms with Crippen LogP contribution in [0.4, 0.5) is 4.79 Å². The van der Waals surface area contributed by atoms with Crippen LogP contribution in [0.15, 0.2) is 0 Å². The first kappa shape index (κ1) is 12.0. The molecule has 1 saturated carbocycles. The Kier molecular flexibility index (Phi) is 3.15. The van der Waals surface area contributed by atoms with E-state index in [9.17, 15) is 19.5 Å². The van der Waals surface area contributed by atoms with Crippen molar-refractivity contribution >= 4 is 17.8 Å². The van der Waals surface area contributed by atoms with E-state index >= 15 is 0 Å². The molecule has 4 amide bonds. The summed E-state index contributed by atoms with van der Waals surface area (Å²) in [5.74, 6) is -1.77. The lowest BCUT2D eigenvalue weighted by atomic mass is 9.91. The predicted molar refractivity (Wildman–Crippen MR) is 57.8 cm³/mol. The third-order valence-electron chi connectivity index (χ3n) is 3.48. The molecule has 17 heavy (non-hydrogen) atoms. The molecule has 6 nitrogen and oxygen atoms in total. The van der Waals surface area contributed by atoms with Gasteiger partial charge in [0.1, 0.15) is 5.92 Å². The highest BCUT2D eigenvalue weighted by atomic mass is 16.3. The summed E-state index contributed by atoms with van der Waals surface area (Å²) in [6.07, 6.45) is 2.03. The van der Waals surface area contributed by atoms with Gasteiger partial charge >= 0.3 is 6.03 Å². The molecule has 0 aromatic carbocycles. The highest BCUT2D eigenvalue weighted by molar-refractivity contribution is 6.16. The predicted octanol–water partition coefficient (Wildman–Crippen LogP) is 0.00440. The molecule has 0 bridgehead atoms. The number of barbiturate groups is 1. The number of amides is 4. The molecular formula is C11H16N2O4. The number of urea groups is 1. The van der Waals surface area contributed by atoms with Gasteiger partial charge in [0.2, 0.25) is 11.8 Å². The summed E-state index contributed by atoms with van der Waals surface area (Å²) < 4.78 is 0. The molecule has 1 aliphatic carbocycles. The highest BCUT2D eigenvalue weighted by Gasteiger charge is 2.41. The van der Waals surface area contributed by atoms with Crippen LogP contribution in [0.25, 0.3) is 0 Å². The van der Waals surface area contributed by atoms with Crippen LogP contribution in [0, 0.1) is 5.92 Å². The first-order chi connectivity index (χ1) is 8.00. The van der Waals surface area contributed by atoms with Gasteiger partial charge in [0.15, 0.2) is 0 Å². The molecule has 1 aliphatic heterocycles. The van der Waals surface area contributed by atoms with E-state index in [1.807, 2.05) is 0 Å². The Bertz CT molecular complexity index is 360. The Morgan fingerprint density at radius 3 is 2.35 bits per heavy atom. The van der Waals surface area contributed by atoms with E-state index in [2.05, 4.69) is 5.32 Å². The Hall–Kier alpha value is -1.43. The summed E-state index contributed by atoms with van der Waals surface area (Å²) >= 11 is 0. The number of nitrogens with one attached hydrogen (secondary N) is 1. The third kappa shape index (κ3) is 2.17. The molecule has 2 rings (SSSR count). The molecule has 0 spiro atoms. The van der Waals surface area contributed by atoms with E-state index in [-0.39, 0.29) is 12.1 Å². The smallest absolute Gasteiger partial charge is 0.331 e. The summed E-state index contributed by atoms with van der Waals surface area (Å²) in [5.41, 5.74) is 0. The number of rotatable bonds is 1. The van der Waals surface area contributed by atoms with E-state index < -0.39 is 23.8 Å². The molecule has 0 radical (unpaired) electrons. The van der Waals surface area contributed by atoms with E-state index in [4.69, 9.17) is 0 Å².